The van der Waals surface area contributed by atoms with Crippen LogP contribution in [0.2, 0.25) is 0 Å². The molecule has 3 amide bonds. The number of carbonyl (C=O) groups is 3. The van der Waals surface area contributed by atoms with Gasteiger partial charge < -0.3 is 20.4 Å². The number of hydrogen-bond donors (Lipinski definition) is 5. The van der Waals surface area contributed by atoms with E-state index in [-0.39, 0.29) is 5.56 Å². The Morgan fingerprint density at radius 2 is 1.42 bits per heavy atom. The van der Waals surface area contributed by atoms with E-state index in [2.05, 4.69) is 17.2 Å². The first-order chi connectivity index (χ1) is 15.6. The van der Waals surface area contributed by atoms with Gasteiger partial charge in [0.05, 0.1) is 6.10 Å². The first-order valence-electron chi connectivity index (χ1n) is 10.1. The van der Waals surface area contributed by atoms with E-state index in [0.29, 0.717) is 16.7 Å². The molecule has 0 radical (unpaired) electrons. The minimum absolute atomic E-state index is 0.223. The standard InChI is InChI=1S/C24H27N3O6/c1-15(28)20(29)18-11-7-16(8-12-18)5-6-17-9-13-19(14-10-17)21(30)27(4)24(2,22(31)25-3)23(32)26-33/h7-15,20,28-29,33H,1-4H3,(H,25,31)(H,26,32)/t15?,20-,24+/m1/s1. The van der Waals surface area contributed by atoms with E-state index in [9.17, 15) is 24.6 Å². The molecule has 0 bridgehead atoms. The molecule has 2 aromatic carbocycles. The lowest BCUT2D eigenvalue weighted by Crippen LogP contribution is -2.64. The van der Waals surface area contributed by atoms with Crippen LogP contribution in [0.25, 0.3) is 0 Å². The van der Waals surface area contributed by atoms with E-state index in [4.69, 9.17) is 5.21 Å². The number of hydroxylamine groups is 1. The third kappa shape index (κ3) is 5.56. The minimum atomic E-state index is -1.97. The summed E-state index contributed by atoms with van der Waals surface area (Å²) in [5, 5.41) is 30.7. The number of hydrogen-bond acceptors (Lipinski definition) is 6. The predicted molar refractivity (Wildman–Crippen MR) is 120 cm³/mol. The van der Waals surface area contributed by atoms with E-state index >= 15 is 0 Å². The molecule has 0 heterocycles. The minimum Gasteiger partial charge on any atom is -0.390 e. The largest absolute Gasteiger partial charge is 0.390 e. The summed E-state index contributed by atoms with van der Waals surface area (Å²) in [5.74, 6) is 3.52. The van der Waals surface area contributed by atoms with Crippen molar-refractivity contribution in [2.75, 3.05) is 14.1 Å². The Bertz CT molecular complexity index is 1050. The van der Waals surface area contributed by atoms with Crippen LogP contribution in [0.3, 0.4) is 0 Å². The molecule has 0 aromatic heterocycles. The van der Waals surface area contributed by atoms with Crippen LogP contribution in [-0.4, -0.2) is 63.8 Å². The average molecular weight is 453 g/mol. The fourth-order valence-electron chi connectivity index (χ4n) is 3.04. The molecule has 0 saturated heterocycles. The fraction of sp³-hybridized carbons (Fsp3) is 0.292. The molecule has 174 valence electrons. The summed E-state index contributed by atoms with van der Waals surface area (Å²) in [6.07, 6.45) is -1.85. The third-order valence-electron chi connectivity index (χ3n) is 5.38. The Labute approximate surface area is 192 Å². The summed E-state index contributed by atoms with van der Waals surface area (Å²) in [4.78, 5) is 38.2. The molecule has 0 aliphatic carbocycles. The van der Waals surface area contributed by atoms with Crippen molar-refractivity contribution >= 4 is 17.7 Å². The third-order valence-corrected chi connectivity index (χ3v) is 5.38. The monoisotopic (exact) mass is 453 g/mol. The summed E-state index contributed by atoms with van der Waals surface area (Å²) in [7, 11) is 2.61. The number of amides is 3. The Morgan fingerprint density at radius 1 is 0.939 bits per heavy atom. The number of benzene rings is 2. The zero-order chi connectivity index (χ0) is 24.8. The lowest BCUT2D eigenvalue weighted by atomic mass is 9.96. The maximum absolute atomic E-state index is 12.9. The second kappa shape index (κ2) is 10.7. The van der Waals surface area contributed by atoms with Crippen LogP contribution < -0.4 is 10.8 Å². The molecular formula is C24H27N3O6. The van der Waals surface area contributed by atoms with Gasteiger partial charge in [-0.1, -0.05) is 24.0 Å². The van der Waals surface area contributed by atoms with E-state index in [0.717, 1.165) is 4.90 Å². The molecule has 0 spiro atoms. The van der Waals surface area contributed by atoms with Gasteiger partial charge >= 0.3 is 0 Å². The molecule has 9 nitrogen and oxygen atoms in total. The quantitative estimate of drug-likeness (QED) is 0.188. The molecular weight excluding hydrogens is 426 g/mol. The van der Waals surface area contributed by atoms with Gasteiger partial charge in [0.1, 0.15) is 6.10 Å². The van der Waals surface area contributed by atoms with Crippen LogP contribution in [0, 0.1) is 11.8 Å². The molecule has 3 atom stereocenters. The average Bonchev–Trinajstić information content (AvgIpc) is 2.84. The molecule has 0 aliphatic rings. The Morgan fingerprint density at radius 3 is 1.85 bits per heavy atom. The van der Waals surface area contributed by atoms with Crippen LogP contribution >= 0.6 is 0 Å². The summed E-state index contributed by atoms with van der Waals surface area (Å²) < 4.78 is 0. The Kier molecular flexibility index (Phi) is 8.32. The maximum atomic E-state index is 12.9. The summed E-state index contributed by atoms with van der Waals surface area (Å²) in [6, 6.07) is 13.1. The summed E-state index contributed by atoms with van der Waals surface area (Å²) in [5.41, 5.74) is 1.60. The molecule has 2 aromatic rings. The van der Waals surface area contributed by atoms with Gasteiger partial charge in [0.25, 0.3) is 17.7 Å². The number of likely N-dealkylation sites (N-methyl/N-ethyl adjacent to an activating group) is 2. The van der Waals surface area contributed by atoms with Crippen molar-refractivity contribution < 1.29 is 29.8 Å². The molecule has 0 aliphatic heterocycles. The summed E-state index contributed by atoms with van der Waals surface area (Å²) >= 11 is 0. The number of carbonyl (C=O) groups excluding carboxylic acids is 3. The first kappa shape index (κ1) is 25.5. The van der Waals surface area contributed by atoms with Crippen LogP contribution in [0.5, 0.6) is 0 Å². The van der Waals surface area contributed by atoms with Crippen LogP contribution in [-0.2, 0) is 9.59 Å². The van der Waals surface area contributed by atoms with Gasteiger partial charge in [-0.3, -0.25) is 19.6 Å². The van der Waals surface area contributed by atoms with Gasteiger partial charge in [0.2, 0.25) is 0 Å². The van der Waals surface area contributed by atoms with Gasteiger partial charge in [-0.05, 0) is 55.8 Å². The van der Waals surface area contributed by atoms with E-state index in [1.165, 1.54) is 45.6 Å². The number of aliphatic hydroxyl groups is 2. The van der Waals surface area contributed by atoms with Gasteiger partial charge in [-0.25, -0.2) is 5.48 Å². The van der Waals surface area contributed by atoms with Crippen molar-refractivity contribution in [2.24, 2.45) is 0 Å². The zero-order valence-electron chi connectivity index (χ0n) is 18.8. The van der Waals surface area contributed by atoms with Crippen LogP contribution in [0.4, 0.5) is 0 Å². The van der Waals surface area contributed by atoms with Crippen molar-refractivity contribution in [1.29, 1.82) is 0 Å². The normalized spacial score (nSPS) is 14.0. The second-order valence-electron chi connectivity index (χ2n) is 7.59. The highest BCUT2D eigenvalue weighted by Crippen LogP contribution is 2.19. The fourth-order valence-corrected chi connectivity index (χ4v) is 3.04. The van der Waals surface area contributed by atoms with E-state index < -0.39 is 35.5 Å². The highest BCUT2D eigenvalue weighted by atomic mass is 16.5. The number of nitrogens with zero attached hydrogens (tertiary/aromatic N) is 1. The van der Waals surface area contributed by atoms with Crippen molar-refractivity contribution in [3.8, 4) is 11.8 Å². The summed E-state index contributed by atoms with van der Waals surface area (Å²) in [6.45, 7) is 2.73. The molecule has 2 rings (SSSR count). The zero-order valence-corrected chi connectivity index (χ0v) is 18.8. The van der Waals surface area contributed by atoms with Gasteiger partial charge in [0, 0.05) is 30.8 Å². The molecule has 1 unspecified atom stereocenters. The lowest BCUT2D eigenvalue weighted by molar-refractivity contribution is -0.148. The van der Waals surface area contributed by atoms with Crippen molar-refractivity contribution in [2.45, 2.75) is 31.6 Å². The highest BCUT2D eigenvalue weighted by Gasteiger charge is 2.47. The molecule has 0 fully saturated rings. The predicted octanol–water partition coefficient (Wildman–Crippen LogP) is 0.583. The molecule has 5 N–H and O–H groups in total. The van der Waals surface area contributed by atoms with Gasteiger partial charge in [0.15, 0.2) is 5.54 Å². The highest BCUT2D eigenvalue weighted by molar-refractivity contribution is 6.12. The van der Waals surface area contributed by atoms with E-state index in [1.54, 1.807) is 36.4 Å². The molecule has 9 heteroatoms. The topological polar surface area (TPSA) is 139 Å². The van der Waals surface area contributed by atoms with Crippen LogP contribution in [0.15, 0.2) is 48.5 Å². The van der Waals surface area contributed by atoms with Crippen molar-refractivity contribution in [3.05, 3.63) is 70.8 Å². The van der Waals surface area contributed by atoms with E-state index in [1.807, 2.05) is 0 Å². The number of nitrogens with one attached hydrogen (secondary N) is 2. The van der Waals surface area contributed by atoms with Crippen molar-refractivity contribution in [1.82, 2.24) is 15.7 Å². The van der Waals surface area contributed by atoms with Gasteiger partial charge in [-0.15, -0.1) is 0 Å². The number of rotatable bonds is 6. The van der Waals surface area contributed by atoms with Gasteiger partial charge in [-0.2, -0.15) is 0 Å². The van der Waals surface area contributed by atoms with Crippen LogP contribution in [0.1, 0.15) is 47.0 Å². The van der Waals surface area contributed by atoms with Crippen molar-refractivity contribution in [3.63, 3.8) is 0 Å². The lowest BCUT2D eigenvalue weighted by Gasteiger charge is -2.34. The maximum Gasteiger partial charge on any atom is 0.278 e. The first-order valence-corrected chi connectivity index (χ1v) is 10.1. The second-order valence-corrected chi connectivity index (χ2v) is 7.59. The Hall–Kier alpha value is -3.71. The molecule has 33 heavy (non-hydrogen) atoms. The SMILES string of the molecule is CNC(=O)[C@@](C)(C(=O)NO)N(C)C(=O)c1ccc(C#Cc2ccc([C@H](O)C(C)O)cc2)cc1. The number of aliphatic hydroxyl groups excluding tert-OH is 2. The smallest absolute Gasteiger partial charge is 0.278 e. The molecule has 0 saturated carbocycles. The Balaban J connectivity index is 2.19.